The van der Waals surface area contributed by atoms with Crippen LogP contribution in [-0.4, -0.2) is 55.1 Å². The fourth-order valence-electron chi connectivity index (χ4n) is 6.67. The molecule has 1 aliphatic carbocycles. The number of nitrogen functional groups attached to an aromatic ring is 1. The van der Waals surface area contributed by atoms with E-state index in [0.717, 1.165) is 84.8 Å². The molecule has 2 aromatic carbocycles. The maximum Gasteiger partial charge on any atom is 0.165 e. The van der Waals surface area contributed by atoms with Crippen LogP contribution in [0.3, 0.4) is 0 Å². The third-order valence-corrected chi connectivity index (χ3v) is 9.13. The zero-order chi connectivity index (χ0) is 29.3. The number of pyridine rings is 2. The topological polar surface area (TPSA) is 131 Å². The molecule has 5 N–H and O–H groups in total. The first-order valence-electron chi connectivity index (χ1n) is 15.0. The van der Waals surface area contributed by atoms with Crippen LogP contribution < -0.4 is 11.5 Å². The van der Waals surface area contributed by atoms with Crippen LogP contribution in [0.2, 0.25) is 0 Å². The van der Waals surface area contributed by atoms with Crippen LogP contribution in [-0.2, 0) is 0 Å². The van der Waals surface area contributed by atoms with E-state index < -0.39 is 0 Å². The first-order chi connectivity index (χ1) is 21.1. The van der Waals surface area contributed by atoms with E-state index in [2.05, 4.69) is 56.0 Å². The van der Waals surface area contributed by atoms with Gasteiger partial charge in [0.1, 0.15) is 17.2 Å². The highest BCUT2D eigenvalue weighted by Gasteiger charge is 2.32. The van der Waals surface area contributed by atoms with Crippen LogP contribution in [0.4, 0.5) is 5.82 Å². The van der Waals surface area contributed by atoms with E-state index in [9.17, 15) is 0 Å². The molecule has 5 aromatic rings. The minimum absolute atomic E-state index is 0.228. The number of imidazole rings is 1. The first kappa shape index (κ1) is 27.1. The van der Waals surface area contributed by atoms with Gasteiger partial charge < -0.3 is 21.6 Å². The lowest BCUT2D eigenvalue weighted by Gasteiger charge is -2.42. The Bertz CT molecular complexity index is 1750. The van der Waals surface area contributed by atoms with Crippen molar-refractivity contribution in [2.75, 3.05) is 25.4 Å². The van der Waals surface area contributed by atoms with Crippen LogP contribution >= 0.6 is 0 Å². The van der Waals surface area contributed by atoms with Crippen LogP contribution in [0.25, 0.3) is 39.5 Å². The SMILES string of the molecule is NC(=NO)C1CCC(CN2CC(c3ccc(-n4c(-c5cccnc5N)nc5ccc(-c6ccccc6)nc54)cc3)C2)CC1. The molecular weight excluding hydrogens is 536 g/mol. The summed E-state index contributed by atoms with van der Waals surface area (Å²) < 4.78 is 2.09. The highest BCUT2D eigenvalue weighted by atomic mass is 16.4. The molecule has 0 bridgehead atoms. The first-order valence-corrected chi connectivity index (χ1v) is 15.0. The van der Waals surface area contributed by atoms with Crippen molar-refractivity contribution in [3.8, 4) is 28.3 Å². The Labute approximate surface area is 250 Å². The van der Waals surface area contributed by atoms with Crippen LogP contribution in [0.1, 0.15) is 37.2 Å². The number of oxime groups is 1. The summed E-state index contributed by atoms with van der Waals surface area (Å²) in [5.74, 6) is 2.99. The van der Waals surface area contributed by atoms with Gasteiger partial charge in [0.2, 0.25) is 0 Å². The summed E-state index contributed by atoms with van der Waals surface area (Å²) in [7, 11) is 0. The summed E-state index contributed by atoms with van der Waals surface area (Å²) in [6.07, 6.45) is 5.99. The molecule has 7 rings (SSSR count). The molecule has 9 nitrogen and oxygen atoms in total. The number of hydrogen-bond donors (Lipinski definition) is 3. The molecule has 43 heavy (non-hydrogen) atoms. The largest absolute Gasteiger partial charge is 0.409 e. The van der Waals surface area contributed by atoms with Gasteiger partial charge in [-0.25, -0.2) is 15.0 Å². The molecular formula is C34H36N8O. The van der Waals surface area contributed by atoms with Crippen LogP contribution in [0.5, 0.6) is 0 Å². The molecule has 0 spiro atoms. The molecule has 0 atom stereocenters. The number of likely N-dealkylation sites (tertiary alicyclic amines) is 1. The second-order valence-electron chi connectivity index (χ2n) is 11.9. The lowest BCUT2D eigenvalue weighted by atomic mass is 9.80. The number of aromatic nitrogens is 4. The number of hydrogen-bond acceptors (Lipinski definition) is 7. The summed E-state index contributed by atoms with van der Waals surface area (Å²) >= 11 is 0. The number of amidine groups is 1. The Balaban J connectivity index is 1.12. The maximum absolute atomic E-state index is 8.97. The van der Waals surface area contributed by atoms with Crippen molar-refractivity contribution in [1.82, 2.24) is 24.4 Å². The Morgan fingerprint density at radius 1 is 0.884 bits per heavy atom. The highest BCUT2D eigenvalue weighted by molar-refractivity contribution is 5.84. The number of rotatable bonds is 7. The quantitative estimate of drug-likeness (QED) is 0.0989. The summed E-state index contributed by atoms with van der Waals surface area (Å²) in [5.41, 5.74) is 18.8. The fourth-order valence-corrected chi connectivity index (χ4v) is 6.67. The predicted molar refractivity (Wildman–Crippen MR) is 170 cm³/mol. The minimum atomic E-state index is 0.228. The third kappa shape index (κ3) is 5.32. The van der Waals surface area contributed by atoms with E-state index in [4.69, 9.17) is 26.6 Å². The van der Waals surface area contributed by atoms with Crippen LogP contribution in [0.15, 0.2) is 90.2 Å². The van der Waals surface area contributed by atoms with Gasteiger partial charge in [-0.05, 0) is 73.6 Å². The molecule has 2 aliphatic rings. The Morgan fingerprint density at radius 3 is 2.37 bits per heavy atom. The monoisotopic (exact) mass is 572 g/mol. The summed E-state index contributed by atoms with van der Waals surface area (Å²) in [6.45, 7) is 3.28. The second-order valence-corrected chi connectivity index (χ2v) is 11.9. The standard InChI is InChI=1S/C34H36N8O/c35-31(40-43)25-10-8-22(9-11-25)19-41-20-26(21-41)23-12-14-27(15-13-23)42-33(28-7-4-18-37-32(28)36)39-30-17-16-29(38-34(30)42)24-5-2-1-3-6-24/h1-7,12-18,22,25-26,43H,8-11,19-21H2,(H2,35,40)(H2,36,37). The van der Waals surface area contributed by atoms with E-state index in [1.54, 1.807) is 6.20 Å². The number of anilines is 1. The minimum Gasteiger partial charge on any atom is -0.409 e. The molecule has 1 aliphatic heterocycles. The zero-order valence-corrected chi connectivity index (χ0v) is 24.0. The lowest BCUT2D eigenvalue weighted by molar-refractivity contribution is 0.108. The summed E-state index contributed by atoms with van der Waals surface area (Å²) in [5, 5.41) is 12.2. The Hall–Kier alpha value is -4.76. The van der Waals surface area contributed by atoms with Gasteiger partial charge in [-0.3, -0.25) is 4.57 Å². The third-order valence-electron chi connectivity index (χ3n) is 9.13. The number of nitrogens with zero attached hydrogens (tertiary/aromatic N) is 6. The molecule has 2 fully saturated rings. The molecule has 0 unspecified atom stereocenters. The van der Waals surface area contributed by atoms with Gasteiger partial charge >= 0.3 is 0 Å². The summed E-state index contributed by atoms with van der Waals surface area (Å²) in [4.78, 5) is 16.9. The van der Waals surface area contributed by atoms with Crippen molar-refractivity contribution in [3.05, 3.63) is 90.6 Å². The number of benzene rings is 2. The average Bonchev–Trinajstić information content (AvgIpc) is 3.42. The van der Waals surface area contributed by atoms with E-state index in [0.29, 0.717) is 23.5 Å². The molecule has 0 radical (unpaired) electrons. The van der Waals surface area contributed by atoms with Crippen molar-refractivity contribution >= 4 is 22.8 Å². The van der Waals surface area contributed by atoms with Crippen molar-refractivity contribution < 1.29 is 5.21 Å². The van der Waals surface area contributed by atoms with Crippen molar-refractivity contribution in [1.29, 1.82) is 0 Å². The maximum atomic E-state index is 8.97. The van der Waals surface area contributed by atoms with E-state index in [1.807, 2.05) is 42.5 Å². The molecule has 4 heterocycles. The molecule has 1 saturated heterocycles. The van der Waals surface area contributed by atoms with Gasteiger partial charge in [-0.15, -0.1) is 0 Å². The lowest BCUT2D eigenvalue weighted by Crippen LogP contribution is -2.47. The van der Waals surface area contributed by atoms with E-state index in [1.165, 1.54) is 5.56 Å². The Kier molecular flexibility index (Phi) is 7.24. The van der Waals surface area contributed by atoms with Crippen LogP contribution in [0, 0.1) is 11.8 Å². The highest BCUT2D eigenvalue weighted by Crippen LogP contribution is 2.35. The normalized spacial score (nSPS) is 19.9. The fraction of sp³-hybridized carbons (Fsp3) is 0.294. The predicted octanol–water partition coefficient (Wildman–Crippen LogP) is 5.68. The smallest absolute Gasteiger partial charge is 0.165 e. The van der Waals surface area contributed by atoms with Gasteiger partial charge in [-0.1, -0.05) is 47.6 Å². The number of fused-ring (bicyclic) bond motifs is 1. The average molecular weight is 573 g/mol. The second kappa shape index (κ2) is 11.5. The summed E-state index contributed by atoms with van der Waals surface area (Å²) in [6, 6.07) is 26.9. The molecule has 3 aromatic heterocycles. The van der Waals surface area contributed by atoms with E-state index >= 15 is 0 Å². The molecule has 218 valence electrons. The molecule has 1 saturated carbocycles. The van der Waals surface area contributed by atoms with Gasteiger partial charge in [0.05, 0.1) is 11.3 Å². The van der Waals surface area contributed by atoms with Crippen molar-refractivity contribution in [3.63, 3.8) is 0 Å². The van der Waals surface area contributed by atoms with Crippen molar-refractivity contribution in [2.24, 2.45) is 22.7 Å². The van der Waals surface area contributed by atoms with Crippen molar-refractivity contribution in [2.45, 2.75) is 31.6 Å². The van der Waals surface area contributed by atoms with Gasteiger partial charge in [0.15, 0.2) is 11.5 Å². The number of nitrogens with two attached hydrogens (primary N) is 2. The molecule has 0 amide bonds. The molecule has 9 heteroatoms. The Morgan fingerprint density at radius 2 is 1.65 bits per heavy atom. The van der Waals surface area contributed by atoms with Gasteiger partial charge in [0, 0.05) is 48.9 Å². The van der Waals surface area contributed by atoms with Gasteiger partial charge in [-0.2, -0.15) is 0 Å². The zero-order valence-electron chi connectivity index (χ0n) is 24.0. The van der Waals surface area contributed by atoms with Gasteiger partial charge in [0.25, 0.3) is 0 Å². The van der Waals surface area contributed by atoms with E-state index in [-0.39, 0.29) is 5.92 Å².